The van der Waals surface area contributed by atoms with E-state index in [1.165, 1.54) is 0 Å². The number of para-hydroxylation sites is 1. The predicted molar refractivity (Wildman–Crippen MR) is 72.8 cm³/mol. The average Bonchev–Trinajstić information content (AvgIpc) is 2.48. The number of rotatable bonds is 4. The predicted octanol–water partition coefficient (Wildman–Crippen LogP) is 0.838. The Balaban J connectivity index is 1.99. The minimum absolute atomic E-state index is 0.0400. The molecule has 5 nitrogen and oxygen atoms in total. The number of nitrogens with one attached hydrogen (secondary N) is 1. The van der Waals surface area contributed by atoms with E-state index in [4.69, 9.17) is 4.74 Å². The number of carbonyl (C=O) groups is 1. The van der Waals surface area contributed by atoms with E-state index in [-0.39, 0.29) is 18.6 Å². The van der Waals surface area contributed by atoms with Crippen LogP contribution in [0.15, 0.2) is 24.3 Å². The van der Waals surface area contributed by atoms with Gasteiger partial charge < -0.3 is 20.1 Å². The molecule has 1 fully saturated rings. The molecule has 1 aromatic rings. The van der Waals surface area contributed by atoms with Crippen molar-refractivity contribution >= 4 is 11.6 Å². The van der Waals surface area contributed by atoms with Crippen LogP contribution in [0.4, 0.5) is 5.69 Å². The molecule has 2 rings (SSSR count). The molecule has 1 aliphatic heterocycles. The highest BCUT2D eigenvalue weighted by molar-refractivity contribution is 5.84. The Labute approximate surface area is 113 Å². The minimum atomic E-state index is -0.314. The number of hydrogen-bond donors (Lipinski definition) is 2. The van der Waals surface area contributed by atoms with Crippen LogP contribution < -0.4 is 5.32 Å². The summed E-state index contributed by atoms with van der Waals surface area (Å²) in [6.45, 7) is 4.30. The monoisotopic (exact) mass is 264 g/mol. The highest BCUT2D eigenvalue weighted by atomic mass is 16.5. The lowest BCUT2D eigenvalue weighted by molar-refractivity contribution is -0.135. The Morgan fingerprint density at radius 3 is 2.79 bits per heavy atom. The molecule has 1 saturated heterocycles. The third-order valence-corrected chi connectivity index (χ3v) is 3.25. The van der Waals surface area contributed by atoms with Crippen LogP contribution in [0.5, 0.6) is 0 Å². The van der Waals surface area contributed by atoms with E-state index < -0.39 is 0 Å². The molecular formula is C14H20N2O3. The molecule has 0 aromatic heterocycles. The lowest BCUT2D eigenvalue weighted by Gasteiger charge is -2.30. The van der Waals surface area contributed by atoms with E-state index in [9.17, 15) is 9.90 Å². The van der Waals surface area contributed by atoms with Gasteiger partial charge in [-0.2, -0.15) is 0 Å². The number of ether oxygens (including phenoxy) is 1. The summed E-state index contributed by atoms with van der Waals surface area (Å²) in [5.41, 5.74) is 1.60. The number of aliphatic hydroxyl groups excluding tert-OH is 1. The highest BCUT2D eigenvalue weighted by Gasteiger charge is 2.22. The third kappa shape index (κ3) is 3.45. The Hall–Kier alpha value is -1.59. The second kappa shape index (κ2) is 6.54. The van der Waals surface area contributed by atoms with Gasteiger partial charge in [0.25, 0.3) is 0 Å². The van der Waals surface area contributed by atoms with Crippen LogP contribution in [0.25, 0.3) is 0 Å². The Morgan fingerprint density at radius 1 is 1.42 bits per heavy atom. The number of aliphatic hydroxyl groups is 1. The van der Waals surface area contributed by atoms with Crippen LogP contribution in [-0.2, 0) is 16.1 Å². The highest BCUT2D eigenvalue weighted by Crippen LogP contribution is 2.16. The van der Waals surface area contributed by atoms with Crippen LogP contribution in [0, 0.1) is 0 Å². The van der Waals surface area contributed by atoms with Crippen LogP contribution >= 0.6 is 0 Å². The van der Waals surface area contributed by atoms with E-state index in [0.717, 1.165) is 11.3 Å². The maximum atomic E-state index is 12.2. The van der Waals surface area contributed by atoms with Gasteiger partial charge >= 0.3 is 0 Å². The molecule has 2 N–H and O–H groups in total. The molecule has 19 heavy (non-hydrogen) atoms. The Morgan fingerprint density at radius 2 is 2.11 bits per heavy atom. The summed E-state index contributed by atoms with van der Waals surface area (Å²) in [5.74, 6) is 0.0658. The second-order valence-corrected chi connectivity index (χ2v) is 4.62. The van der Waals surface area contributed by atoms with Gasteiger partial charge in [-0.05, 0) is 13.0 Å². The van der Waals surface area contributed by atoms with E-state index in [2.05, 4.69) is 5.32 Å². The van der Waals surface area contributed by atoms with Crippen LogP contribution in [-0.4, -0.2) is 48.3 Å². The Kier molecular flexibility index (Phi) is 4.76. The van der Waals surface area contributed by atoms with E-state index >= 15 is 0 Å². The summed E-state index contributed by atoms with van der Waals surface area (Å²) in [7, 11) is 0. The normalized spacial score (nSPS) is 17.1. The lowest BCUT2D eigenvalue weighted by Crippen LogP contribution is -2.47. The number of anilines is 1. The van der Waals surface area contributed by atoms with Gasteiger partial charge in [0.2, 0.25) is 5.91 Å². The fraction of sp³-hybridized carbons (Fsp3) is 0.500. The van der Waals surface area contributed by atoms with Gasteiger partial charge in [0.1, 0.15) is 6.04 Å². The molecule has 0 unspecified atom stereocenters. The van der Waals surface area contributed by atoms with Crippen molar-refractivity contribution in [3.05, 3.63) is 29.8 Å². The third-order valence-electron chi connectivity index (χ3n) is 3.25. The molecule has 0 spiro atoms. The molecule has 1 heterocycles. The van der Waals surface area contributed by atoms with Crippen LogP contribution in [0.1, 0.15) is 12.5 Å². The number of morpholine rings is 1. The van der Waals surface area contributed by atoms with Crippen molar-refractivity contribution in [2.24, 2.45) is 0 Å². The molecule has 1 aliphatic rings. The maximum Gasteiger partial charge on any atom is 0.244 e. The van der Waals surface area contributed by atoms with Crippen molar-refractivity contribution in [1.29, 1.82) is 0 Å². The maximum absolute atomic E-state index is 12.2. The van der Waals surface area contributed by atoms with E-state index in [0.29, 0.717) is 26.3 Å². The van der Waals surface area contributed by atoms with Crippen molar-refractivity contribution in [2.75, 3.05) is 31.6 Å². The number of hydrogen-bond acceptors (Lipinski definition) is 4. The smallest absolute Gasteiger partial charge is 0.244 e. The van der Waals surface area contributed by atoms with Crippen molar-refractivity contribution in [3.8, 4) is 0 Å². The summed E-state index contributed by atoms with van der Waals surface area (Å²) >= 11 is 0. The van der Waals surface area contributed by atoms with Crippen molar-refractivity contribution in [2.45, 2.75) is 19.6 Å². The SMILES string of the molecule is C[C@H](Nc1ccccc1CO)C(=O)N1CCOCC1. The number of carbonyl (C=O) groups excluding carboxylic acids is 1. The van der Waals surface area contributed by atoms with Gasteiger partial charge in [-0.3, -0.25) is 4.79 Å². The molecule has 0 aliphatic carbocycles. The fourth-order valence-electron chi connectivity index (χ4n) is 2.15. The summed E-state index contributed by atoms with van der Waals surface area (Å²) in [5, 5.41) is 12.4. The molecule has 5 heteroatoms. The molecule has 104 valence electrons. The molecule has 1 aromatic carbocycles. The summed E-state index contributed by atoms with van der Waals surface area (Å²) in [6.07, 6.45) is 0. The minimum Gasteiger partial charge on any atom is -0.392 e. The lowest BCUT2D eigenvalue weighted by atomic mass is 10.1. The first-order chi connectivity index (χ1) is 9.22. The largest absolute Gasteiger partial charge is 0.392 e. The van der Waals surface area contributed by atoms with Gasteiger partial charge in [0.05, 0.1) is 19.8 Å². The zero-order valence-electron chi connectivity index (χ0n) is 11.1. The molecule has 1 atom stereocenters. The van der Waals surface area contributed by atoms with Crippen LogP contribution in [0.3, 0.4) is 0 Å². The quantitative estimate of drug-likeness (QED) is 0.846. The van der Waals surface area contributed by atoms with Crippen molar-refractivity contribution < 1.29 is 14.6 Å². The van der Waals surface area contributed by atoms with Gasteiger partial charge in [-0.25, -0.2) is 0 Å². The van der Waals surface area contributed by atoms with E-state index in [1.807, 2.05) is 36.1 Å². The second-order valence-electron chi connectivity index (χ2n) is 4.62. The van der Waals surface area contributed by atoms with Crippen molar-refractivity contribution in [1.82, 2.24) is 4.90 Å². The zero-order chi connectivity index (χ0) is 13.7. The first-order valence-corrected chi connectivity index (χ1v) is 6.54. The number of nitrogens with zero attached hydrogens (tertiary/aromatic N) is 1. The van der Waals surface area contributed by atoms with E-state index in [1.54, 1.807) is 0 Å². The van der Waals surface area contributed by atoms with Crippen LogP contribution in [0.2, 0.25) is 0 Å². The zero-order valence-corrected chi connectivity index (χ0v) is 11.1. The average molecular weight is 264 g/mol. The van der Waals surface area contributed by atoms with Gasteiger partial charge in [0, 0.05) is 24.3 Å². The molecule has 1 amide bonds. The number of benzene rings is 1. The van der Waals surface area contributed by atoms with Crippen molar-refractivity contribution in [3.63, 3.8) is 0 Å². The first-order valence-electron chi connectivity index (χ1n) is 6.54. The van der Waals surface area contributed by atoms with Gasteiger partial charge in [0.15, 0.2) is 0 Å². The molecule has 0 saturated carbocycles. The summed E-state index contributed by atoms with van der Waals surface area (Å²) in [4.78, 5) is 14.1. The topological polar surface area (TPSA) is 61.8 Å². The molecule has 0 radical (unpaired) electrons. The first kappa shape index (κ1) is 13.8. The number of amides is 1. The van der Waals surface area contributed by atoms with Gasteiger partial charge in [-0.1, -0.05) is 18.2 Å². The standard InChI is InChI=1S/C14H20N2O3/c1-11(14(18)16-6-8-19-9-7-16)15-13-5-3-2-4-12(13)10-17/h2-5,11,15,17H,6-10H2,1H3/t11-/m0/s1. The summed E-state index contributed by atoms with van der Waals surface area (Å²) in [6, 6.07) is 7.15. The molecule has 0 bridgehead atoms. The fourth-order valence-corrected chi connectivity index (χ4v) is 2.15. The summed E-state index contributed by atoms with van der Waals surface area (Å²) < 4.78 is 5.24. The molecular weight excluding hydrogens is 244 g/mol. The Bertz CT molecular complexity index is 430. The van der Waals surface area contributed by atoms with Gasteiger partial charge in [-0.15, -0.1) is 0 Å².